The molecule has 1 heterocycles. The highest BCUT2D eigenvalue weighted by atomic mass is 16.5. The van der Waals surface area contributed by atoms with Gasteiger partial charge >= 0.3 is 12.0 Å². The van der Waals surface area contributed by atoms with Crippen molar-refractivity contribution < 1.29 is 19.2 Å². The molecular formula is C11H13N3O4. The van der Waals surface area contributed by atoms with Crippen LogP contribution in [0.2, 0.25) is 0 Å². The first-order valence-electron chi connectivity index (χ1n) is 5.57. The minimum Gasteiger partial charge on any atom is -0.481 e. The smallest absolute Gasteiger partial charge is 0.328 e. The molecule has 0 saturated carbocycles. The van der Waals surface area contributed by atoms with Gasteiger partial charge in [-0.15, -0.1) is 0 Å². The standard InChI is InChI=1S/C11H13N3O4/c1-6-12-11(18-14-6)13-9(15)7-4-2-3-5-8(7)10(16)17/h2-3,7-8H,4-5H2,1H3,(H,16,17)(H,12,13,14,15)/t7-,8+/m1/s1. The number of anilines is 1. The van der Waals surface area contributed by atoms with E-state index in [0.717, 1.165) is 0 Å². The number of aromatic nitrogens is 2. The van der Waals surface area contributed by atoms with E-state index in [1.807, 2.05) is 6.08 Å². The number of carbonyl (C=O) groups excluding carboxylic acids is 1. The van der Waals surface area contributed by atoms with E-state index >= 15 is 0 Å². The largest absolute Gasteiger partial charge is 0.481 e. The summed E-state index contributed by atoms with van der Waals surface area (Å²) in [5.74, 6) is -2.29. The van der Waals surface area contributed by atoms with Crippen molar-refractivity contribution in [1.82, 2.24) is 10.1 Å². The Bertz CT molecular complexity index is 494. The van der Waals surface area contributed by atoms with Crippen molar-refractivity contribution in [2.24, 2.45) is 11.8 Å². The topological polar surface area (TPSA) is 105 Å². The number of hydrogen-bond donors (Lipinski definition) is 2. The number of carboxylic acid groups (broad SMARTS) is 1. The van der Waals surface area contributed by atoms with Gasteiger partial charge in [-0.3, -0.25) is 14.9 Å². The zero-order valence-corrected chi connectivity index (χ0v) is 9.79. The zero-order valence-electron chi connectivity index (χ0n) is 9.79. The number of rotatable bonds is 3. The molecule has 7 nitrogen and oxygen atoms in total. The number of nitrogens with one attached hydrogen (secondary N) is 1. The minimum atomic E-state index is -0.971. The van der Waals surface area contributed by atoms with Crippen molar-refractivity contribution in [3.05, 3.63) is 18.0 Å². The second-order valence-corrected chi connectivity index (χ2v) is 4.13. The Kier molecular flexibility index (Phi) is 3.40. The summed E-state index contributed by atoms with van der Waals surface area (Å²) < 4.78 is 4.76. The van der Waals surface area contributed by atoms with Gasteiger partial charge in [0.1, 0.15) is 0 Å². The molecule has 2 atom stereocenters. The molecule has 1 aromatic rings. The van der Waals surface area contributed by atoms with E-state index in [9.17, 15) is 9.59 Å². The van der Waals surface area contributed by atoms with Gasteiger partial charge in [-0.25, -0.2) is 0 Å². The molecule has 0 saturated heterocycles. The van der Waals surface area contributed by atoms with Crippen LogP contribution in [0.3, 0.4) is 0 Å². The zero-order chi connectivity index (χ0) is 13.1. The maximum atomic E-state index is 12.0. The number of allylic oxidation sites excluding steroid dienone is 2. The molecule has 1 aromatic heterocycles. The van der Waals surface area contributed by atoms with Gasteiger partial charge in [-0.1, -0.05) is 17.3 Å². The molecule has 96 valence electrons. The van der Waals surface area contributed by atoms with Crippen molar-refractivity contribution in [3.63, 3.8) is 0 Å². The molecule has 0 bridgehead atoms. The Balaban J connectivity index is 2.07. The molecule has 0 fully saturated rings. The molecule has 2 N–H and O–H groups in total. The van der Waals surface area contributed by atoms with Crippen LogP contribution in [0.15, 0.2) is 16.7 Å². The second kappa shape index (κ2) is 4.99. The molecule has 1 aliphatic rings. The SMILES string of the molecule is Cc1noc(NC(=O)[C@@H]2CC=CC[C@@H]2C(=O)O)n1. The third kappa shape index (κ3) is 2.55. The van der Waals surface area contributed by atoms with Gasteiger partial charge < -0.3 is 9.63 Å². The highest BCUT2D eigenvalue weighted by Gasteiger charge is 2.34. The number of aliphatic carboxylic acids is 1. The van der Waals surface area contributed by atoms with Gasteiger partial charge in [0.2, 0.25) is 5.91 Å². The van der Waals surface area contributed by atoms with Gasteiger partial charge in [0.15, 0.2) is 5.82 Å². The quantitative estimate of drug-likeness (QED) is 0.776. The van der Waals surface area contributed by atoms with Crippen LogP contribution in [0.5, 0.6) is 0 Å². The molecule has 2 rings (SSSR count). The Labute approximate surface area is 103 Å². The fourth-order valence-electron chi connectivity index (χ4n) is 1.92. The van der Waals surface area contributed by atoms with Crippen LogP contribution in [0.1, 0.15) is 18.7 Å². The van der Waals surface area contributed by atoms with Gasteiger partial charge in [-0.05, 0) is 19.8 Å². The van der Waals surface area contributed by atoms with E-state index < -0.39 is 23.7 Å². The molecule has 0 spiro atoms. The number of nitrogens with zero attached hydrogens (tertiary/aromatic N) is 2. The van der Waals surface area contributed by atoms with E-state index in [-0.39, 0.29) is 6.01 Å². The fraction of sp³-hybridized carbons (Fsp3) is 0.455. The molecule has 0 aromatic carbocycles. The monoisotopic (exact) mass is 251 g/mol. The van der Waals surface area contributed by atoms with Crippen molar-refractivity contribution >= 4 is 17.9 Å². The predicted octanol–water partition coefficient (Wildman–Crippen LogP) is 0.984. The number of carboxylic acids is 1. The van der Waals surface area contributed by atoms with Crippen LogP contribution in [0.4, 0.5) is 6.01 Å². The van der Waals surface area contributed by atoms with Gasteiger partial charge in [-0.2, -0.15) is 4.98 Å². The number of hydrogen-bond acceptors (Lipinski definition) is 5. The van der Waals surface area contributed by atoms with Crippen molar-refractivity contribution in [3.8, 4) is 0 Å². The van der Waals surface area contributed by atoms with E-state index in [0.29, 0.717) is 18.7 Å². The van der Waals surface area contributed by atoms with Gasteiger partial charge in [0, 0.05) is 0 Å². The van der Waals surface area contributed by atoms with Crippen LogP contribution >= 0.6 is 0 Å². The summed E-state index contributed by atoms with van der Waals surface area (Å²) in [6.45, 7) is 1.63. The highest BCUT2D eigenvalue weighted by Crippen LogP contribution is 2.26. The molecule has 1 amide bonds. The summed E-state index contributed by atoms with van der Waals surface area (Å²) in [5.41, 5.74) is 0. The lowest BCUT2D eigenvalue weighted by Gasteiger charge is -2.23. The normalized spacial score (nSPS) is 22.7. The number of amides is 1. The van der Waals surface area contributed by atoms with E-state index in [2.05, 4.69) is 15.5 Å². The summed E-state index contributed by atoms with van der Waals surface area (Å²) in [7, 11) is 0. The van der Waals surface area contributed by atoms with Crippen molar-refractivity contribution in [2.45, 2.75) is 19.8 Å². The van der Waals surface area contributed by atoms with Crippen molar-refractivity contribution in [1.29, 1.82) is 0 Å². The van der Waals surface area contributed by atoms with Crippen LogP contribution in [-0.4, -0.2) is 27.1 Å². The van der Waals surface area contributed by atoms with Gasteiger partial charge in [0.25, 0.3) is 0 Å². The van der Waals surface area contributed by atoms with E-state index in [1.54, 1.807) is 13.0 Å². The van der Waals surface area contributed by atoms with Gasteiger partial charge in [0.05, 0.1) is 11.8 Å². The second-order valence-electron chi connectivity index (χ2n) is 4.13. The highest BCUT2D eigenvalue weighted by molar-refractivity contribution is 5.93. The molecule has 0 unspecified atom stereocenters. The average molecular weight is 251 g/mol. The Hall–Kier alpha value is -2.18. The molecule has 0 radical (unpaired) electrons. The van der Waals surface area contributed by atoms with Crippen LogP contribution in [0.25, 0.3) is 0 Å². The molecule has 1 aliphatic carbocycles. The Morgan fingerprint density at radius 1 is 1.39 bits per heavy atom. The van der Waals surface area contributed by atoms with Crippen LogP contribution in [-0.2, 0) is 9.59 Å². The maximum Gasteiger partial charge on any atom is 0.328 e. The number of carbonyl (C=O) groups is 2. The predicted molar refractivity (Wildman–Crippen MR) is 60.7 cm³/mol. The lowest BCUT2D eigenvalue weighted by atomic mass is 9.82. The third-order valence-corrected chi connectivity index (χ3v) is 2.84. The Morgan fingerprint density at radius 3 is 2.61 bits per heavy atom. The lowest BCUT2D eigenvalue weighted by Crippen LogP contribution is -2.34. The van der Waals surface area contributed by atoms with Crippen LogP contribution < -0.4 is 5.32 Å². The summed E-state index contributed by atoms with van der Waals surface area (Å²) in [5, 5.41) is 15.0. The average Bonchev–Trinajstić information content (AvgIpc) is 2.74. The first-order chi connectivity index (χ1) is 8.58. The van der Waals surface area contributed by atoms with E-state index in [1.165, 1.54) is 0 Å². The maximum absolute atomic E-state index is 12.0. The van der Waals surface area contributed by atoms with Crippen LogP contribution in [0, 0.1) is 18.8 Å². The third-order valence-electron chi connectivity index (χ3n) is 2.84. The van der Waals surface area contributed by atoms with E-state index in [4.69, 9.17) is 9.63 Å². The minimum absolute atomic E-state index is 0.00353. The van der Waals surface area contributed by atoms with Crippen molar-refractivity contribution in [2.75, 3.05) is 5.32 Å². The number of aryl methyl sites for hydroxylation is 1. The lowest BCUT2D eigenvalue weighted by molar-refractivity contribution is -0.146. The molecule has 18 heavy (non-hydrogen) atoms. The molecular weight excluding hydrogens is 238 g/mol. The summed E-state index contributed by atoms with van der Waals surface area (Å²) >= 11 is 0. The Morgan fingerprint density at radius 2 is 2.06 bits per heavy atom. The fourth-order valence-corrected chi connectivity index (χ4v) is 1.92. The molecule has 0 aliphatic heterocycles. The molecule has 7 heteroatoms. The first kappa shape index (κ1) is 12.3. The summed E-state index contributed by atoms with van der Waals surface area (Å²) in [6, 6.07) is -0.00353. The summed E-state index contributed by atoms with van der Waals surface area (Å²) in [6.07, 6.45) is 4.34. The first-order valence-corrected chi connectivity index (χ1v) is 5.57. The summed E-state index contributed by atoms with van der Waals surface area (Å²) in [4.78, 5) is 26.9.